The molecule has 2 rings (SSSR count). The van der Waals surface area contributed by atoms with E-state index in [9.17, 15) is 8.42 Å². The summed E-state index contributed by atoms with van der Waals surface area (Å²) in [5.74, 6) is 0. The third-order valence-electron chi connectivity index (χ3n) is 3.09. The van der Waals surface area contributed by atoms with Crippen molar-refractivity contribution in [3.05, 3.63) is 28.2 Å². The van der Waals surface area contributed by atoms with Gasteiger partial charge in [-0.25, -0.2) is 8.42 Å². The van der Waals surface area contributed by atoms with E-state index in [-0.39, 0.29) is 0 Å². The van der Waals surface area contributed by atoms with Gasteiger partial charge in [-0.1, -0.05) is 22.0 Å². The number of nitrogens with one attached hydrogen (secondary N) is 1. The SMILES string of the molecule is CS(=O)(=O)c1cccc(Br)c1CC1CCCN1. The van der Waals surface area contributed by atoms with E-state index in [4.69, 9.17) is 0 Å². The van der Waals surface area contributed by atoms with Crippen LogP contribution in [0.5, 0.6) is 0 Å². The van der Waals surface area contributed by atoms with Gasteiger partial charge in [-0.15, -0.1) is 0 Å². The molecule has 1 atom stereocenters. The molecule has 1 N–H and O–H groups in total. The molecule has 1 aromatic rings. The number of hydrogen-bond acceptors (Lipinski definition) is 3. The van der Waals surface area contributed by atoms with Crippen LogP contribution in [-0.4, -0.2) is 27.3 Å². The normalized spacial score (nSPS) is 20.7. The second-order valence-corrected chi connectivity index (χ2v) is 7.32. The van der Waals surface area contributed by atoms with Gasteiger partial charge >= 0.3 is 0 Å². The number of halogens is 1. The van der Waals surface area contributed by atoms with E-state index < -0.39 is 9.84 Å². The molecule has 1 aliphatic heterocycles. The molecule has 1 unspecified atom stereocenters. The maximum absolute atomic E-state index is 11.7. The first kappa shape index (κ1) is 13.1. The van der Waals surface area contributed by atoms with Gasteiger partial charge in [-0.3, -0.25) is 0 Å². The standard InChI is InChI=1S/C12H16BrNO2S/c1-17(15,16)12-6-2-5-11(13)10(12)8-9-4-3-7-14-9/h2,5-6,9,14H,3-4,7-8H2,1H3. The van der Waals surface area contributed by atoms with E-state index in [1.54, 1.807) is 12.1 Å². The lowest BCUT2D eigenvalue weighted by atomic mass is 10.0. The highest BCUT2D eigenvalue weighted by Crippen LogP contribution is 2.27. The summed E-state index contributed by atoms with van der Waals surface area (Å²) in [5, 5.41) is 3.40. The number of hydrogen-bond donors (Lipinski definition) is 1. The average molecular weight is 318 g/mol. The highest BCUT2D eigenvalue weighted by atomic mass is 79.9. The molecule has 17 heavy (non-hydrogen) atoms. The van der Waals surface area contributed by atoms with Crippen molar-refractivity contribution in [3.63, 3.8) is 0 Å². The lowest BCUT2D eigenvalue weighted by Gasteiger charge is -2.14. The minimum absolute atomic E-state index is 0.397. The van der Waals surface area contributed by atoms with Crippen molar-refractivity contribution in [1.82, 2.24) is 5.32 Å². The molecule has 0 spiro atoms. The second kappa shape index (κ2) is 5.08. The van der Waals surface area contributed by atoms with Crippen LogP contribution in [-0.2, 0) is 16.3 Å². The number of sulfone groups is 1. The Morgan fingerprint density at radius 2 is 2.24 bits per heavy atom. The highest BCUT2D eigenvalue weighted by Gasteiger charge is 2.21. The maximum Gasteiger partial charge on any atom is 0.175 e. The molecule has 1 fully saturated rings. The zero-order valence-electron chi connectivity index (χ0n) is 9.74. The van der Waals surface area contributed by atoms with Crippen LogP contribution in [0, 0.1) is 0 Å². The molecule has 1 saturated heterocycles. The van der Waals surface area contributed by atoms with E-state index in [0.29, 0.717) is 10.9 Å². The van der Waals surface area contributed by atoms with Gasteiger partial charge in [0.25, 0.3) is 0 Å². The Labute approximate surface area is 111 Å². The predicted molar refractivity (Wildman–Crippen MR) is 72.0 cm³/mol. The summed E-state index contributed by atoms with van der Waals surface area (Å²) in [6.45, 7) is 1.03. The quantitative estimate of drug-likeness (QED) is 0.929. The number of benzene rings is 1. The van der Waals surface area contributed by atoms with Gasteiger partial charge in [0, 0.05) is 16.8 Å². The Morgan fingerprint density at radius 1 is 1.47 bits per heavy atom. The van der Waals surface area contributed by atoms with Gasteiger partial charge in [0.1, 0.15) is 0 Å². The predicted octanol–water partition coefficient (Wildman–Crippen LogP) is 2.15. The molecule has 0 aliphatic carbocycles. The fourth-order valence-electron chi connectivity index (χ4n) is 2.26. The molecule has 94 valence electrons. The molecule has 0 radical (unpaired) electrons. The fourth-order valence-corrected chi connectivity index (χ4v) is 3.89. The van der Waals surface area contributed by atoms with Crippen LogP contribution in [0.3, 0.4) is 0 Å². The van der Waals surface area contributed by atoms with Crippen molar-refractivity contribution in [2.45, 2.75) is 30.2 Å². The Kier molecular flexibility index (Phi) is 3.90. The lowest BCUT2D eigenvalue weighted by molar-refractivity contribution is 0.585. The van der Waals surface area contributed by atoms with Crippen molar-refractivity contribution < 1.29 is 8.42 Å². The molecular formula is C12H16BrNO2S. The minimum Gasteiger partial charge on any atom is -0.314 e. The summed E-state index contributed by atoms with van der Waals surface area (Å²) in [5.41, 5.74) is 0.898. The van der Waals surface area contributed by atoms with Crippen molar-refractivity contribution in [2.24, 2.45) is 0 Å². The van der Waals surface area contributed by atoms with E-state index in [2.05, 4.69) is 21.2 Å². The first-order valence-electron chi connectivity index (χ1n) is 5.69. The van der Waals surface area contributed by atoms with Crippen molar-refractivity contribution in [2.75, 3.05) is 12.8 Å². The molecule has 5 heteroatoms. The van der Waals surface area contributed by atoms with Crippen molar-refractivity contribution in [3.8, 4) is 0 Å². The molecule has 0 amide bonds. The summed E-state index contributed by atoms with van der Waals surface area (Å²) >= 11 is 3.45. The smallest absolute Gasteiger partial charge is 0.175 e. The van der Waals surface area contributed by atoms with Crippen LogP contribution in [0.15, 0.2) is 27.6 Å². The summed E-state index contributed by atoms with van der Waals surface area (Å²) < 4.78 is 24.4. The third kappa shape index (κ3) is 3.09. The minimum atomic E-state index is -3.16. The zero-order valence-corrected chi connectivity index (χ0v) is 12.1. The summed E-state index contributed by atoms with van der Waals surface area (Å²) in [7, 11) is -3.16. The van der Waals surface area contributed by atoms with E-state index in [1.807, 2.05) is 6.07 Å². The van der Waals surface area contributed by atoms with Gasteiger partial charge in [0.2, 0.25) is 0 Å². The van der Waals surface area contributed by atoms with Crippen LogP contribution in [0.4, 0.5) is 0 Å². The molecular weight excluding hydrogens is 302 g/mol. The summed E-state index contributed by atoms with van der Waals surface area (Å²) in [6, 6.07) is 5.75. The Balaban J connectivity index is 2.37. The van der Waals surface area contributed by atoms with E-state index in [1.165, 1.54) is 12.7 Å². The third-order valence-corrected chi connectivity index (χ3v) is 5.01. The molecule has 0 bridgehead atoms. The Hall–Kier alpha value is -0.390. The zero-order chi connectivity index (χ0) is 12.5. The second-order valence-electron chi connectivity index (χ2n) is 4.49. The molecule has 1 aliphatic rings. The molecule has 1 aromatic carbocycles. The largest absolute Gasteiger partial charge is 0.314 e. The Morgan fingerprint density at radius 3 is 2.82 bits per heavy atom. The molecule has 0 aromatic heterocycles. The summed E-state index contributed by atoms with van der Waals surface area (Å²) in [6.07, 6.45) is 4.32. The van der Waals surface area contributed by atoms with Gasteiger partial charge in [-0.2, -0.15) is 0 Å². The lowest BCUT2D eigenvalue weighted by Crippen LogP contribution is -2.24. The van der Waals surface area contributed by atoms with Gasteiger partial charge in [0.05, 0.1) is 4.90 Å². The van der Waals surface area contributed by atoms with Crippen LogP contribution in [0.25, 0.3) is 0 Å². The van der Waals surface area contributed by atoms with Gasteiger partial charge < -0.3 is 5.32 Å². The van der Waals surface area contributed by atoms with E-state index in [0.717, 1.165) is 29.4 Å². The monoisotopic (exact) mass is 317 g/mol. The average Bonchev–Trinajstić information content (AvgIpc) is 2.72. The summed E-state index contributed by atoms with van der Waals surface area (Å²) in [4.78, 5) is 0.445. The highest BCUT2D eigenvalue weighted by molar-refractivity contribution is 9.10. The van der Waals surface area contributed by atoms with Crippen LogP contribution < -0.4 is 5.32 Å². The molecule has 0 saturated carbocycles. The van der Waals surface area contributed by atoms with Gasteiger partial charge in [-0.05, 0) is 43.5 Å². The first-order chi connectivity index (χ1) is 7.98. The van der Waals surface area contributed by atoms with Crippen molar-refractivity contribution in [1.29, 1.82) is 0 Å². The topological polar surface area (TPSA) is 46.2 Å². The van der Waals surface area contributed by atoms with Crippen LogP contribution in [0.2, 0.25) is 0 Å². The fraction of sp³-hybridized carbons (Fsp3) is 0.500. The number of rotatable bonds is 3. The van der Waals surface area contributed by atoms with Crippen LogP contribution >= 0.6 is 15.9 Å². The van der Waals surface area contributed by atoms with E-state index >= 15 is 0 Å². The molecule has 3 nitrogen and oxygen atoms in total. The van der Waals surface area contributed by atoms with Gasteiger partial charge in [0.15, 0.2) is 9.84 Å². The Bertz CT molecular complexity index is 507. The molecule has 1 heterocycles. The van der Waals surface area contributed by atoms with Crippen LogP contribution in [0.1, 0.15) is 18.4 Å². The first-order valence-corrected chi connectivity index (χ1v) is 8.38. The van der Waals surface area contributed by atoms with Crippen molar-refractivity contribution >= 4 is 25.8 Å². The maximum atomic E-state index is 11.7.